The van der Waals surface area contributed by atoms with Gasteiger partial charge in [-0.1, -0.05) is 60.7 Å². The van der Waals surface area contributed by atoms with Crippen LogP contribution in [0.5, 0.6) is 0 Å². The first-order chi connectivity index (χ1) is 14.2. The molecule has 4 heteroatoms. The van der Waals surface area contributed by atoms with Crippen LogP contribution in [0.4, 0.5) is 5.69 Å². The molecule has 5 rings (SSSR count). The van der Waals surface area contributed by atoms with Gasteiger partial charge in [-0.15, -0.1) is 0 Å². The number of nitrogens with zero attached hydrogens (tertiary/aromatic N) is 1. The summed E-state index contributed by atoms with van der Waals surface area (Å²) in [4.78, 5) is 19.3. The van der Waals surface area contributed by atoms with Gasteiger partial charge in [0.05, 0.1) is 11.0 Å². The van der Waals surface area contributed by atoms with Crippen LogP contribution in [0, 0.1) is 6.92 Å². The number of carbonyl (C=O) groups is 1. The average molecular weight is 377 g/mol. The molecule has 4 aromatic carbocycles. The molecular weight excluding hydrogens is 358 g/mol. The molecule has 0 atom stereocenters. The third-order valence-corrected chi connectivity index (χ3v) is 5.27. The number of aldehydes is 1. The van der Waals surface area contributed by atoms with E-state index in [2.05, 4.69) is 52.8 Å². The summed E-state index contributed by atoms with van der Waals surface area (Å²) in [5, 5.41) is 7.98. The number of hydrogen-bond donors (Lipinski definition) is 2. The number of anilines is 1. The first-order valence-corrected chi connectivity index (χ1v) is 9.53. The summed E-state index contributed by atoms with van der Waals surface area (Å²) < 4.78 is 0. The SMILES string of the molecule is Cc1ccc(C=O)cc1NC=Cc1nc2c3ccccc3c3ccccc3c2[nH]1. The van der Waals surface area contributed by atoms with Gasteiger partial charge in [0.2, 0.25) is 0 Å². The van der Waals surface area contributed by atoms with Gasteiger partial charge in [-0.05, 0) is 35.4 Å². The Morgan fingerprint density at radius 2 is 1.59 bits per heavy atom. The minimum absolute atomic E-state index is 0.646. The van der Waals surface area contributed by atoms with Crippen molar-refractivity contribution < 1.29 is 4.79 Å². The summed E-state index contributed by atoms with van der Waals surface area (Å²) in [5.74, 6) is 0.776. The summed E-state index contributed by atoms with van der Waals surface area (Å²) in [6.45, 7) is 2.00. The Morgan fingerprint density at radius 3 is 2.34 bits per heavy atom. The highest BCUT2D eigenvalue weighted by molar-refractivity contribution is 6.23. The molecule has 5 aromatic rings. The maximum Gasteiger partial charge on any atom is 0.150 e. The summed E-state index contributed by atoms with van der Waals surface area (Å²) >= 11 is 0. The van der Waals surface area contributed by atoms with Crippen molar-refractivity contribution in [2.75, 3.05) is 5.32 Å². The van der Waals surface area contributed by atoms with Gasteiger partial charge in [0.15, 0.2) is 0 Å². The number of aromatic amines is 1. The Bertz CT molecular complexity index is 1340. The van der Waals surface area contributed by atoms with E-state index < -0.39 is 0 Å². The van der Waals surface area contributed by atoms with Gasteiger partial charge in [-0.2, -0.15) is 0 Å². The van der Waals surface area contributed by atoms with Crippen LogP contribution in [0.25, 0.3) is 38.7 Å². The van der Waals surface area contributed by atoms with Crippen LogP contribution >= 0.6 is 0 Å². The quantitative estimate of drug-likeness (QED) is 0.295. The van der Waals surface area contributed by atoms with Gasteiger partial charge in [0.25, 0.3) is 0 Å². The van der Waals surface area contributed by atoms with Gasteiger partial charge in [-0.3, -0.25) is 4.79 Å². The van der Waals surface area contributed by atoms with E-state index >= 15 is 0 Å². The van der Waals surface area contributed by atoms with Crippen LogP contribution in [0.3, 0.4) is 0 Å². The minimum atomic E-state index is 0.646. The molecule has 0 fully saturated rings. The molecule has 0 bridgehead atoms. The average Bonchev–Trinajstić information content (AvgIpc) is 3.20. The van der Waals surface area contributed by atoms with E-state index in [1.54, 1.807) is 0 Å². The Kier molecular flexibility index (Phi) is 4.10. The fourth-order valence-electron chi connectivity index (χ4n) is 3.80. The van der Waals surface area contributed by atoms with Crippen LogP contribution in [0.2, 0.25) is 0 Å². The molecule has 0 spiro atoms. The van der Waals surface area contributed by atoms with E-state index in [0.29, 0.717) is 5.56 Å². The molecular formula is C25H19N3O. The van der Waals surface area contributed by atoms with Crippen LogP contribution in [0.15, 0.2) is 72.9 Å². The zero-order chi connectivity index (χ0) is 19.8. The highest BCUT2D eigenvalue weighted by Gasteiger charge is 2.11. The lowest BCUT2D eigenvalue weighted by molar-refractivity contribution is 0.112. The molecule has 0 unspecified atom stereocenters. The molecule has 1 aromatic heterocycles. The van der Waals surface area contributed by atoms with Crippen LogP contribution in [0.1, 0.15) is 21.7 Å². The summed E-state index contributed by atoms with van der Waals surface area (Å²) in [6, 6.07) is 22.3. The smallest absolute Gasteiger partial charge is 0.150 e. The standard InChI is InChI=1S/C25H19N3O/c1-16-10-11-17(15-29)14-22(16)26-13-12-23-27-24-20-8-4-2-6-18(20)19-7-3-5-9-21(19)25(24)28-23/h2-15,26H,1H3,(H,27,28). The number of aryl methyl sites for hydroxylation is 1. The number of aromatic nitrogens is 2. The van der Waals surface area contributed by atoms with Crippen LogP contribution < -0.4 is 5.32 Å². The maximum atomic E-state index is 11.0. The van der Waals surface area contributed by atoms with E-state index in [9.17, 15) is 4.79 Å². The third-order valence-electron chi connectivity index (χ3n) is 5.27. The second-order valence-corrected chi connectivity index (χ2v) is 7.11. The molecule has 4 nitrogen and oxygen atoms in total. The van der Waals surface area contributed by atoms with Crippen molar-refractivity contribution in [1.82, 2.24) is 9.97 Å². The summed E-state index contributed by atoms with van der Waals surface area (Å²) in [7, 11) is 0. The molecule has 0 saturated carbocycles. The topological polar surface area (TPSA) is 57.8 Å². The van der Waals surface area contributed by atoms with Crippen molar-refractivity contribution in [2.45, 2.75) is 6.92 Å². The van der Waals surface area contributed by atoms with Crippen molar-refractivity contribution in [3.63, 3.8) is 0 Å². The molecule has 0 aliphatic heterocycles. The minimum Gasteiger partial charge on any atom is -0.361 e. The molecule has 0 saturated heterocycles. The highest BCUT2D eigenvalue weighted by atomic mass is 16.1. The first-order valence-electron chi connectivity index (χ1n) is 9.53. The monoisotopic (exact) mass is 377 g/mol. The predicted molar refractivity (Wildman–Crippen MR) is 120 cm³/mol. The van der Waals surface area contributed by atoms with E-state index in [4.69, 9.17) is 4.98 Å². The zero-order valence-electron chi connectivity index (χ0n) is 15.9. The van der Waals surface area contributed by atoms with E-state index in [1.807, 2.05) is 43.5 Å². The largest absolute Gasteiger partial charge is 0.361 e. The zero-order valence-corrected chi connectivity index (χ0v) is 15.9. The Hall–Kier alpha value is -3.92. The van der Waals surface area contributed by atoms with Crippen molar-refractivity contribution in [3.8, 4) is 0 Å². The van der Waals surface area contributed by atoms with Gasteiger partial charge in [-0.25, -0.2) is 4.98 Å². The second kappa shape index (κ2) is 6.91. The van der Waals surface area contributed by atoms with E-state index in [1.165, 1.54) is 10.8 Å². The fourth-order valence-corrected chi connectivity index (χ4v) is 3.80. The Labute approximate surface area is 167 Å². The Balaban J connectivity index is 1.59. The predicted octanol–water partition coefficient (Wildman–Crippen LogP) is 6.07. The number of carbonyl (C=O) groups excluding carboxylic acids is 1. The van der Waals surface area contributed by atoms with Gasteiger partial charge in [0, 0.05) is 28.2 Å². The number of nitrogens with one attached hydrogen (secondary N) is 2. The first kappa shape index (κ1) is 17.2. The number of benzene rings is 4. The fraction of sp³-hybridized carbons (Fsp3) is 0.0400. The highest BCUT2D eigenvalue weighted by Crippen LogP contribution is 2.33. The lowest BCUT2D eigenvalue weighted by Gasteiger charge is -2.05. The molecule has 2 N–H and O–H groups in total. The van der Waals surface area contributed by atoms with Crippen molar-refractivity contribution >= 4 is 50.6 Å². The normalized spacial score (nSPS) is 11.6. The molecule has 140 valence electrons. The molecule has 0 radical (unpaired) electrons. The lowest BCUT2D eigenvalue weighted by atomic mass is 10.0. The molecule has 0 aliphatic rings. The van der Waals surface area contributed by atoms with Crippen LogP contribution in [-0.4, -0.2) is 16.3 Å². The molecule has 0 aliphatic carbocycles. The lowest BCUT2D eigenvalue weighted by Crippen LogP contribution is -1.93. The third kappa shape index (κ3) is 2.95. The summed E-state index contributed by atoms with van der Waals surface area (Å²) in [6.07, 6.45) is 4.61. The second-order valence-electron chi connectivity index (χ2n) is 7.11. The number of hydrogen-bond acceptors (Lipinski definition) is 3. The van der Waals surface area contributed by atoms with Crippen molar-refractivity contribution in [1.29, 1.82) is 0 Å². The summed E-state index contributed by atoms with van der Waals surface area (Å²) in [5.41, 5.74) is 4.63. The van der Waals surface area contributed by atoms with Crippen molar-refractivity contribution in [3.05, 3.63) is 89.9 Å². The number of H-pyrrole nitrogens is 1. The van der Waals surface area contributed by atoms with Gasteiger partial charge >= 0.3 is 0 Å². The van der Waals surface area contributed by atoms with Crippen LogP contribution in [-0.2, 0) is 0 Å². The van der Waals surface area contributed by atoms with E-state index in [0.717, 1.165) is 45.2 Å². The van der Waals surface area contributed by atoms with Gasteiger partial charge in [0.1, 0.15) is 12.1 Å². The molecule has 1 heterocycles. The molecule has 0 amide bonds. The van der Waals surface area contributed by atoms with Crippen molar-refractivity contribution in [2.24, 2.45) is 0 Å². The maximum absolute atomic E-state index is 11.0. The number of imidazole rings is 1. The van der Waals surface area contributed by atoms with Gasteiger partial charge < -0.3 is 10.3 Å². The number of rotatable bonds is 4. The molecule has 29 heavy (non-hydrogen) atoms. The number of fused-ring (bicyclic) bond motifs is 6. The Morgan fingerprint density at radius 1 is 0.897 bits per heavy atom. The van der Waals surface area contributed by atoms with E-state index in [-0.39, 0.29) is 0 Å².